The maximum atomic E-state index is 13.3. The lowest BCUT2D eigenvalue weighted by Crippen LogP contribution is -2.48. The number of H-pyrrole nitrogens is 1. The molecule has 0 saturated carbocycles. The summed E-state index contributed by atoms with van der Waals surface area (Å²) in [6.45, 7) is 4.11. The van der Waals surface area contributed by atoms with Gasteiger partial charge in [0.25, 0.3) is 5.91 Å². The van der Waals surface area contributed by atoms with Crippen molar-refractivity contribution in [2.45, 2.75) is 38.1 Å². The van der Waals surface area contributed by atoms with Gasteiger partial charge in [0.15, 0.2) is 0 Å². The Morgan fingerprint density at radius 1 is 1.03 bits per heavy atom. The zero-order valence-electron chi connectivity index (χ0n) is 18.6. The number of aromatic nitrogens is 3. The number of anilines is 2. The summed E-state index contributed by atoms with van der Waals surface area (Å²) in [5.41, 5.74) is 2.02. The van der Waals surface area contributed by atoms with Gasteiger partial charge in [-0.3, -0.25) is 4.79 Å². The fraction of sp³-hybridized carbons (Fsp3) is 0.400. The number of nitrogens with one attached hydrogen (secondary N) is 2. The standard InChI is InChI=1S/C25H28N6OS/c32-25(31-12-7-19(8-13-31)30-10-2-1-3-11-30)22-15-20-23(27-16-28-24(20)33-22)29-18-5-4-17-6-9-26-21(17)14-18/h4-6,9,14-16,19,26H,1-3,7-8,10-13H2,(H,27,28,29). The molecule has 2 aliphatic heterocycles. The van der Waals surface area contributed by atoms with Crippen molar-refractivity contribution in [3.63, 3.8) is 0 Å². The van der Waals surface area contributed by atoms with Crippen molar-refractivity contribution >= 4 is 49.9 Å². The second-order valence-corrected chi connectivity index (χ2v) is 10.1. The number of carbonyl (C=O) groups excluding carboxylic acids is 1. The minimum atomic E-state index is 0.119. The van der Waals surface area contributed by atoms with Gasteiger partial charge in [-0.1, -0.05) is 12.5 Å². The Balaban J connectivity index is 1.18. The molecule has 8 heteroatoms. The van der Waals surface area contributed by atoms with Crippen molar-refractivity contribution < 1.29 is 4.79 Å². The number of amides is 1. The Bertz CT molecular complexity index is 1280. The van der Waals surface area contributed by atoms with Crippen molar-refractivity contribution in [3.8, 4) is 0 Å². The fourth-order valence-electron chi connectivity index (χ4n) is 5.20. The maximum Gasteiger partial charge on any atom is 0.264 e. The van der Waals surface area contributed by atoms with Gasteiger partial charge < -0.3 is 20.1 Å². The molecule has 0 aliphatic carbocycles. The van der Waals surface area contributed by atoms with Gasteiger partial charge in [0.1, 0.15) is 17.0 Å². The summed E-state index contributed by atoms with van der Waals surface area (Å²) < 4.78 is 0. The first-order chi connectivity index (χ1) is 16.2. The van der Waals surface area contributed by atoms with E-state index in [1.165, 1.54) is 49.1 Å². The van der Waals surface area contributed by atoms with Gasteiger partial charge in [-0.05, 0) is 68.4 Å². The number of hydrogen-bond acceptors (Lipinski definition) is 6. The normalized spacial score (nSPS) is 18.2. The monoisotopic (exact) mass is 460 g/mol. The maximum absolute atomic E-state index is 13.3. The van der Waals surface area contributed by atoms with E-state index in [1.807, 2.05) is 29.3 Å². The first kappa shape index (κ1) is 20.6. The van der Waals surface area contributed by atoms with Gasteiger partial charge >= 0.3 is 0 Å². The summed E-state index contributed by atoms with van der Waals surface area (Å²) in [6, 6.07) is 10.8. The van der Waals surface area contributed by atoms with Crippen LogP contribution in [0.5, 0.6) is 0 Å². The minimum Gasteiger partial charge on any atom is -0.361 e. The second-order valence-electron chi connectivity index (χ2n) is 9.08. The van der Waals surface area contributed by atoms with Crippen LogP contribution >= 0.6 is 11.3 Å². The van der Waals surface area contributed by atoms with E-state index < -0.39 is 0 Å². The number of hydrogen-bond donors (Lipinski definition) is 2. The molecular formula is C25H28N6OS. The summed E-state index contributed by atoms with van der Waals surface area (Å²) in [5.74, 6) is 0.846. The molecule has 2 fully saturated rings. The molecule has 4 aromatic rings. The van der Waals surface area contributed by atoms with E-state index in [1.54, 1.807) is 6.33 Å². The van der Waals surface area contributed by atoms with Crippen LogP contribution in [-0.2, 0) is 0 Å². The smallest absolute Gasteiger partial charge is 0.264 e. The Labute approximate surface area is 196 Å². The summed E-state index contributed by atoms with van der Waals surface area (Å²) in [7, 11) is 0. The van der Waals surface area contributed by atoms with Gasteiger partial charge in [-0.25, -0.2) is 9.97 Å². The third-order valence-corrected chi connectivity index (χ3v) is 8.05. The zero-order valence-corrected chi connectivity index (χ0v) is 19.4. The van der Waals surface area contributed by atoms with Crippen molar-refractivity contribution in [3.05, 3.63) is 47.7 Å². The van der Waals surface area contributed by atoms with E-state index in [4.69, 9.17) is 0 Å². The van der Waals surface area contributed by atoms with E-state index in [2.05, 4.69) is 37.3 Å². The van der Waals surface area contributed by atoms with Crippen LogP contribution in [-0.4, -0.2) is 62.9 Å². The van der Waals surface area contributed by atoms with Crippen LogP contribution in [0.2, 0.25) is 0 Å². The first-order valence-electron chi connectivity index (χ1n) is 11.9. The molecule has 0 unspecified atom stereocenters. The van der Waals surface area contributed by atoms with Crippen LogP contribution < -0.4 is 5.32 Å². The van der Waals surface area contributed by atoms with E-state index in [0.717, 1.165) is 58.0 Å². The summed E-state index contributed by atoms with van der Waals surface area (Å²) in [4.78, 5) is 31.7. The molecule has 0 atom stereocenters. The summed E-state index contributed by atoms with van der Waals surface area (Å²) >= 11 is 1.46. The van der Waals surface area contributed by atoms with Crippen LogP contribution in [0.4, 0.5) is 11.5 Å². The van der Waals surface area contributed by atoms with E-state index in [9.17, 15) is 4.79 Å². The number of rotatable bonds is 4. The molecule has 1 amide bonds. The molecule has 2 aliphatic rings. The Morgan fingerprint density at radius 3 is 2.73 bits per heavy atom. The van der Waals surface area contributed by atoms with E-state index in [0.29, 0.717) is 6.04 Å². The third kappa shape index (κ3) is 4.09. The van der Waals surface area contributed by atoms with Crippen LogP contribution in [0.1, 0.15) is 41.8 Å². The highest BCUT2D eigenvalue weighted by Crippen LogP contribution is 2.32. The van der Waals surface area contributed by atoms with Crippen LogP contribution in [0.25, 0.3) is 21.1 Å². The molecule has 3 aromatic heterocycles. The average molecular weight is 461 g/mol. The number of fused-ring (bicyclic) bond motifs is 2. The van der Waals surface area contributed by atoms with Crippen LogP contribution in [0, 0.1) is 0 Å². The average Bonchev–Trinajstić information content (AvgIpc) is 3.52. The molecule has 7 nitrogen and oxygen atoms in total. The number of aromatic amines is 1. The molecular weight excluding hydrogens is 432 g/mol. The van der Waals surface area contributed by atoms with Gasteiger partial charge in [-0.2, -0.15) is 0 Å². The number of piperidine rings is 2. The second kappa shape index (κ2) is 8.76. The molecule has 0 spiro atoms. The predicted molar refractivity (Wildman–Crippen MR) is 133 cm³/mol. The molecule has 1 aromatic carbocycles. The van der Waals surface area contributed by atoms with E-state index in [-0.39, 0.29) is 5.91 Å². The SMILES string of the molecule is O=C(c1cc2c(Nc3ccc4cc[nH]c4c3)ncnc2s1)N1CCC(N2CCCCC2)CC1. The molecule has 5 heterocycles. The highest BCUT2D eigenvalue weighted by molar-refractivity contribution is 7.20. The highest BCUT2D eigenvalue weighted by atomic mass is 32.1. The lowest BCUT2D eigenvalue weighted by atomic mass is 10.00. The van der Waals surface area contributed by atoms with Crippen molar-refractivity contribution in [2.24, 2.45) is 0 Å². The predicted octanol–water partition coefficient (Wildman–Crippen LogP) is 5.01. The Morgan fingerprint density at radius 2 is 1.88 bits per heavy atom. The minimum absolute atomic E-state index is 0.119. The van der Waals surface area contributed by atoms with Crippen molar-refractivity contribution in [1.29, 1.82) is 0 Å². The summed E-state index contributed by atoms with van der Waals surface area (Å²) in [5, 5.41) is 5.46. The fourth-order valence-corrected chi connectivity index (χ4v) is 6.16. The molecule has 2 saturated heterocycles. The van der Waals surface area contributed by atoms with Crippen molar-refractivity contribution in [1.82, 2.24) is 24.8 Å². The Hall–Kier alpha value is -2.97. The summed E-state index contributed by atoms with van der Waals surface area (Å²) in [6.07, 6.45) is 9.64. The number of carbonyl (C=O) groups is 1. The highest BCUT2D eigenvalue weighted by Gasteiger charge is 2.29. The topological polar surface area (TPSA) is 77.1 Å². The number of nitrogens with zero attached hydrogens (tertiary/aromatic N) is 4. The molecule has 2 N–H and O–H groups in total. The molecule has 6 rings (SSSR count). The van der Waals surface area contributed by atoms with Gasteiger partial charge in [0.2, 0.25) is 0 Å². The van der Waals surface area contributed by atoms with Gasteiger partial charge in [0, 0.05) is 36.5 Å². The lowest BCUT2D eigenvalue weighted by molar-refractivity contribution is 0.0594. The van der Waals surface area contributed by atoms with Crippen LogP contribution in [0.15, 0.2) is 42.9 Å². The van der Waals surface area contributed by atoms with E-state index >= 15 is 0 Å². The quantitative estimate of drug-likeness (QED) is 0.448. The first-order valence-corrected chi connectivity index (χ1v) is 12.7. The Kier molecular flexibility index (Phi) is 5.47. The molecule has 0 radical (unpaired) electrons. The largest absolute Gasteiger partial charge is 0.361 e. The van der Waals surface area contributed by atoms with Crippen LogP contribution in [0.3, 0.4) is 0 Å². The van der Waals surface area contributed by atoms with Gasteiger partial charge in [-0.15, -0.1) is 11.3 Å². The molecule has 33 heavy (non-hydrogen) atoms. The number of thiophene rings is 1. The number of likely N-dealkylation sites (tertiary alicyclic amines) is 2. The van der Waals surface area contributed by atoms with Crippen molar-refractivity contribution in [2.75, 3.05) is 31.5 Å². The lowest BCUT2D eigenvalue weighted by Gasteiger charge is -2.40. The third-order valence-electron chi connectivity index (χ3n) is 7.02. The molecule has 0 bridgehead atoms. The number of benzene rings is 1. The van der Waals surface area contributed by atoms with Gasteiger partial charge in [0.05, 0.1) is 10.3 Å². The zero-order chi connectivity index (χ0) is 22.2. The molecule has 170 valence electrons.